The molecule has 2 rings (SSSR count). The first kappa shape index (κ1) is 12.8. The second kappa shape index (κ2) is 6.30. The molecule has 18 heavy (non-hydrogen) atoms. The summed E-state index contributed by atoms with van der Waals surface area (Å²) >= 11 is 1.74. The molecule has 0 unspecified atom stereocenters. The van der Waals surface area contributed by atoms with E-state index in [0.29, 0.717) is 0 Å². The molecule has 5 nitrogen and oxygen atoms in total. The smallest absolute Gasteiger partial charge is 0.161 e. The van der Waals surface area contributed by atoms with Gasteiger partial charge in [-0.15, -0.1) is 11.8 Å². The molecule has 0 aliphatic heterocycles. The number of hydrogen-bond donors (Lipinski definition) is 0. The van der Waals surface area contributed by atoms with Crippen molar-refractivity contribution >= 4 is 11.8 Å². The van der Waals surface area contributed by atoms with Gasteiger partial charge >= 0.3 is 0 Å². The lowest BCUT2D eigenvalue weighted by Gasteiger charge is -2.09. The highest BCUT2D eigenvalue weighted by Gasteiger charge is 2.04. The summed E-state index contributed by atoms with van der Waals surface area (Å²) in [5.74, 6) is 2.43. The van der Waals surface area contributed by atoms with Gasteiger partial charge in [0.1, 0.15) is 12.7 Å². The lowest BCUT2D eigenvalue weighted by molar-refractivity contribution is 0.354. The van der Waals surface area contributed by atoms with Crippen LogP contribution in [-0.2, 0) is 6.54 Å². The molecule has 1 aromatic heterocycles. The van der Waals surface area contributed by atoms with Gasteiger partial charge in [0.05, 0.1) is 20.8 Å². The third-order valence-electron chi connectivity index (χ3n) is 2.41. The van der Waals surface area contributed by atoms with Crippen LogP contribution in [0.1, 0.15) is 0 Å². The summed E-state index contributed by atoms with van der Waals surface area (Å²) in [4.78, 5) is 5.05. The fraction of sp³-hybridized carbons (Fsp3) is 0.333. The molecule has 1 aromatic carbocycles. The summed E-state index contributed by atoms with van der Waals surface area (Å²) in [5.41, 5.74) is 0. The minimum Gasteiger partial charge on any atom is -0.493 e. The summed E-state index contributed by atoms with van der Waals surface area (Å²) in [6.07, 6.45) is 3.26. The van der Waals surface area contributed by atoms with Crippen molar-refractivity contribution in [1.29, 1.82) is 0 Å². The molecule has 0 fully saturated rings. The first-order valence-corrected chi connectivity index (χ1v) is 6.49. The fourth-order valence-electron chi connectivity index (χ4n) is 1.51. The minimum atomic E-state index is 0.748. The summed E-state index contributed by atoms with van der Waals surface area (Å²) in [7, 11) is 3.27. The second-order valence-corrected chi connectivity index (χ2v) is 4.69. The quantitative estimate of drug-likeness (QED) is 0.748. The standard InChI is InChI=1S/C12H15N3O2S/c1-16-11-4-3-10(7-12(11)17-2)18-6-5-15-9-13-8-14-15/h3-4,7-9H,5-6H2,1-2H3. The first-order chi connectivity index (χ1) is 8.83. The number of ether oxygens (including phenoxy) is 2. The zero-order chi connectivity index (χ0) is 12.8. The van der Waals surface area contributed by atoms with Crippen molar-refractivity contribution in [2.75, 3.05) is 20.0 Å². The van der Waals surface area contributed by atoms with E-state index in [0.717, 1.165) is 28.7 Å². The van der Waals surface area contributed by atoms with E-state index in [-0.39, 0.29) is 0 Å². The topological polar surface area (TPSA) is 49.2 Å². The highest BCUT2D eigenvalue weighted by Crippen LogP contribution is 2.31. The van der Waals surface area contributed by atoms with Gasteiger partial charge in [-0.25, -0.2) is 4.98 Å². The lowest BCUT2D eigenvalue weighted by atomic mass is 10.3. The zero-order valence-electron chi connectivity index (χ0n) is 10.4. The van der Waals surface area contributed by atoms with Gasteiger partial charge < -0.3 is 9.47 Å². The predicted molar refractivity (Wildman–Crippen MR) is 70.3 cm³/mol. The van der Waals surface area contributed by atoms with E-state index in [4.69, 9.17) is 9.47 Å². The number of rotatable bonds is 6. The fourth-order valence-corrected chi connectivity index (χ4v) is 2.38. The zero-order valence-corrected chi connectivity index (χ0v) is 11.2. The maximum atomic E-state index is 5.26. The Balaban J connectivity index is 1.93. The SMILES string of the molecule is COc1ccc(SCCn2cncn2)cc1OC. The van der Waals surface area contributed by atoms with Crippen molar-refractivity contribution in [2.24, 2.45) is 0 Å². The Bertz CT molecular complexity index is 488. The van der Waals surface area contributed by atoms with Gasteiger partial charge in [-0.3, -0.25) is 4.68 Å². The molecule has 0 aliphatic carbocycles. The number of methoxy groups -OCH3 is 2. The Hall–Kier alpha value is -1.69. The van der Waals surface area contributed by atoms with Gasteiger partial charge in [-0.2, -0.15) is 5.10 Å². The average molecular weight is 265 g/mol. The summed E-state index contributed by atoms with van der Waals surface area (Å²) in [6.45, 7) is 0.832. The van der Waals surface area contributed by atoms with Crippen LogP contribution in [0.4, 0.5) is 0 Å². The van der Waals surface area contributed by atoms with Crippen LogP contribution in [0.25, 0.3) is 0 Å². The molecule has 96 valence electrons. The number of nitrogens with zero attached hydrogens (tertiary/aromatic N) is 3. The van der Waals surface area contributed by atoms with E-state index in [9.17, 15) is 0 Å². The van der Waals surface area contributed by atoms with Crippen LogP contribution in [0.5, 0.6) is 11.5 Å². The van der Waals surface area contributed by atoms with Crippen molar-refractivity contribution in [3.05, 3.63) is 30.9 Å². The van der Waals surface area contributed by atoms with Crippen molar-refractivity contribution in [3.63, 3.8) is 0 Å². The van der Waals surface area contributed by atoms with Crippen LogP contribution >= 0.6 is 11.8 Å². The molecule has 0 saturated carbocycles. The van der Waals surface area contributed by atoms with Gasteiger partial charge in [0.15, 0.2) is 11.5 Å². The summed E-state index contributed by atoms with van der Waals surface area (Å²) in [5, 5.41) is 4.06. The molecule has 0 bridgehead atoms. The van der Waals surface area contributed by atoms with E-state index >= 15 is 0 Å². The number of thioether (sulfide) groups is 1. The highest BCUT2D eigenvalue weighted by atomic mass is 32.2. The summed E-state index contributed by atoms with van der Waals surface area (Å²) < 4.78 is 12.3. The van der Waals surface area contributed by atoms with Crippen LogP contribution in [0, 0.1) is 0 Å². The van der Waals surface area contributed by atoms with E-state index in [1.54, 1.807) is 38.6 Å². The highest BCUT2D eigenvalue weighted by molar-refractivity contribution is 7.99. The van der Waals surface area contributed by atoms with Crippen LogP contribution in [0.15, 0.2) is 35.7 Å². The third-order valence-corrected chi connectivity index (χ3v) is 3.38. The molecule has 1 heterocycles. The monoisotopic (exact) mass is 265 g/mol. The van der Waals surface area contributed by atoms with Gasteiger partial charge in [0.25, 0.3) is 0 Å². The molecule has 0 aliphatic rings. The Morgan fingerprint density at radius 3 is 2.72 bits per heavy atom. The maximum Gasteiger partial charge on any atom is 0.161 e. The van der Waals surface area contributed by atoms with Gasteiger partial charge in [0.2, 0.25) is 0 Å². The van der Waals surface area contributed by atoms with E-state index in [1.165, 1.54) is 0 Å². The molecular formula is C12H15N3O2S. The Morgan fingerprint density at radius 2 is 2.06 bits per heavy atom. The van der Waals surface area contributed by atoms with Gasteiger partial charge in [-0.05, 0) is 18.2 Å². The Labute approximate surface area is 110 Å². The van der Waals surface area contributed by atoms with E-state index in [2.05, 4.69) is 10.1 Å². The first-order valence-electron chi connectivity index (χ1n) is 5.50. The molecular weight excluding hydrogens is 250 g/mol. The van der Waals surface area contributed by atoms with Crippen LogP contribution in [0.2, 0.25) is 0 Å². The third kappa shape index (κ3) is 3.16. The van der Waals surface area contributed by atoms with Crippen molar-refractivity contribution in [1.82, 2.24) is 14.8 Å². The molecule has 0 saturated heterocycles. The molecule has 0 radical (unpaired) electrons. The maximum absolute atomic E-state index is 5.26. The number of benzene rings is 1. The van der Waals surface area contributed by atoms with Crippen molar-refractivity contribution in [2.45, 2.75) is 11.4 Å². The number of aromatic nitrogens is 3. The predicted octanol–water partition coefficient (Wildman–Crippen LogP) is 2.09. The minimum absolute atomic E-state index is 0.748. The molecule has 0 N–H and O–H groups in total. The summed E-state index contributed by atoms with van der Waals surface area (Å²) in [6, 6.07) is 5.91. The lowest BCUT2D eigenvalue weighted by Crippen LogP contribution is -2.00. The van der Waals surface area contributed by atoms with E-state index in [1.807, 2.05) is 22.9 Å². The van der Waals surface area contributed by atoms with Crippen LogP contribution in [-0.4, -0.2) is 34.7 Å². The van der Waals surface area contributed by atoms with Crippen LogP contribution < -0.4 is 9.47 Å². The Kier molecular flexibility index (Phi) is 4.46. The average Bonchev–Trinajstić information content (AvgIpc) is 2.91. The molecule has 2 aromatic rings. The number of hydrogen-bond acceptors (Lipinski definition) is 5. The molecule has 0 atom stereocenters. The van der Waals surface area contributed by atoms with Gasteiger partial charge in [0, 0.05) is 10.6 Å². The van der Waals surface area contributed by atoms with Crippen molar-refractivity contribution < 1.29 is 9.47 Å². The molecule has 0 spiro atoms. The Morgan fingerprint density at radius 1 is 1.22 bits per heavy atom. The number of aryl methyl sites for hydroxylation is 1. The second-order valence-electron chi connectivity index (χ2n) is 3.52. The molecule has 0 amide bonds. The normalized spacial score (nSPS) is 10.3. The molecule has 6 heteroatoms. The van der Waals surface area contributed by atoms with Crippen molar-refractivity contribution in [3.8, 4) is 11.5 Å². The van der Waals surface area contributed by atoms with E-state index < -0.39 is 0 Å². The largest absolute Gasteiger partial charge is 0.493 e. The van der Waals surface area contributed by atoms with Crippen LogP contribution in [0.3, 0.4) is 0 Å². The van der Waals surface area contributed by atoms with Gasteiger partial charge in [-0.1, -0.05) is 0 Å².